The summed E-state index contributed by atoms with van der Waals surface area (Å²) in [5, 5.41) is 6.02. The fourth-order valence-electron chi connectivity index (χ4n) is 1.32. The van der Waals surface area contributed by atoms with E-state index < -0.39 is 0 Å². The third-order valence-electron chi connectivity index (χ3n) is 2.08. The summed E-state index contributed by atoms with van der Waals surface area (Å²) in [6.07, 6.45) is 0. The van der Waals surface area contributed by atoms with E-state index in [0.29, 0.717) is 6.54 Å². The van der Waals surface area contributed by atoms with Crippen molar-refractivity contribution in [1.82, 2.24) is 4.90 Å². The maximum Gasteiger partial charge on any atom is 0.263 e. The number of amides is 1. The van der Waals surface area contributed by atoms with Gasteiger partial charge in [-0.05, 0) is 33.8 Å². The minimum absolute atomic E-state index is 0.0937. The highest BCUT2D eigenvalue weighted by molar-refractivity contribution is 7.12. The molecule has 0 saturated carbocycles. The van der Waals surface area contributed by atoms with Gasteiger partial charge in [-0.15, -0.1) is 11.3 Å². The van der Waals surface area contributed by atoms with E-state index in [1.165, 1.54) is 16.9 Å². The second-order valence-corrected chi connectivity index (χ2v) is 5.00. The molecule has 0 aliphatic rings. The van der Waals surface area contributed by atoms with Crippen molar-refractivity contribution in [1.29, 1.82) is 0 Å². The summed E-state index contributed by atoms with van der Waals surface area (Å²) in [7, 11) is 1.83. The van der Waals surface area contributed by atoms with Gasteiger partial charge in [-0.1, -0.05) is 6.07 Å². The highest BCUT2D eigenvalue weighted by atomic mass is 32.1. The Bertz CT molecular complexity index is 419. The molecule has 0 unspecified atom stereocenters. The van der Waals surface area contributed by atoms with Crippen LogP contribution in [-0.2, 0) is 6.54 Å². The van der Waals surface area contributed by atoms with Crippen molar-refractivity contribution in [3.63, 3.8) is 0 Å². The molecule has 0 saturated heterocycles. The Morgan fingerprint density at radius 1 is 1.40 bits per heavy atom. The molecule has 0 aliphatic carbocycles. The van der Waals surface area contributed by atoms with Gasteiger partial charge in [0.05, 0.1) is 4.88 Å². The third kappa shape index (κ3) is 2.46. The van der Waals surface area contributed by atoms with Gasteiger partial charge in [0.25, 0.3) is 5.91 Å². The lowest BCUT2D eigenvalue weighted by atomic mass is 10.3. The Morgan fingerprint density at radius 3 is 2.87 bits per heavy atom. The molecule has 0 fully saturated rings. The predicted octanol–water partition coefficient (Wildman–Crippen LogP) is 3.08. The lowest BCUT2D eigenvalue weighted by Crippen LogP contribution is -2.25. The van der Waals surface area contributed by atoms with Gasteiger partial charge in [0.15, 0.2) is 0 Å². The summed E-state index contributed by atoms with van der Waals surface area (Å²) in [5.74, 6) is 0.0937. The first-order chi connectivity index (χ1) is 7.27. The van der Waals surface area contributed by atoms with E-state index in [-0.39, 0.29) is 5.91 Å². The van der Waals surface area contributed by atoms with Crippen LogP contribution in [0.4, 0.5) is 0 Å². The van der Waals surface area contributed by atoms with Crippen LogP contribution in [0.1, 0.15) is 15.2 Å². The first-order valence-electron chi connectivity index (χ1n) is 4.57. The molecule has 2 aromatic rings. The molecule has 15 heavy (non-hydrogen) atoms. The molecular formula is C11H11NOS2. The molecule has 2 aromatic heterocycles. The van der Waals surface area contributed by atoms with Crippen molar-refractivity contribution < 1.29 is 4.79 Å². The molecule has 0 aliphatic heterocycles. The Kier molecular flexibility index (Phi) is 3.18. The fraction of sp³-hybridized carbons (Fsp3) is 0.182. The van der Waals surface area contributed by atoms with Gasteiger partial charge < -0.3 is 4.90 Å². The summed E-state index contributed by atoms with van der Waals surface area (Å²) in [6, 6.07) is 5.80. The van der Waals surface area contributed by atoms with Gasteiger partial charge in [0, 0.05) is 13.6 Å². The Labute approximate surface area is 96.8 Å². The highest BCUT2D eigenvalue weighted by Gasteiger charge is 2.12. The molecule has 78 valence electrons. The van der Waals surface area contributed by atoms with Gasteiger partial charge in [-0.2, -0.15) is 11.3 Å². The van der Waals surface area contributed by atoms with Crippen LogP contribution >= 0.6 is 22.7 Å². The van der Waals surface area contributed by atoms with Crippen LogP contribution in [0.2, 0.25) is 0 Å². The molecule has 0 aromatic carbocycles. The van der Waals surface area contributed by atoms with Crippen LogP contribution in [0.5, 0.6) is 0 Å². The maximum atomic E-state index is 11.9. The first kappa shape index (κ1) is 10.4. The zero-order valence-corrected chi connectivity index (χ0v) is 9.98. The zero-order chi connectivity index (χ0) is 10.7. The summed E-state index contributed by atoms with van der Waals surface area (Å²) >= 11 is 3.14. The lowest BCUT2D eigenvalue weighted by molar-refractivity contribution is 0.0790. The molecule has 2 nitrogen and oxygen atoms in total. The molecule has 0 bridgehead atoms. The van der Waals surface area contributed by atoms with Crippen LogP contribution in [0.3, 0.4) is 0 Å². The third-order valence-corrected chi connectivity index (χ3v) is 3.67. The Hall–Kier alpha value is -1.13. The number of rotatable bonds is 3. The monoisotopic (exact) mass is 237 g/mol. The standard InChI is InChI=1S/C11H11NOS2/c1-12(7-9-4-6-14-8-9)11(13)10-3-2-5-15-10/h2-6,8H,7H2,1H3. The lowest BCUT2D eigenvalue weighted by Gasteiger charge is -2.15. The summed E-state index contributed by atoms with van der Waals surface area (Å²) in [4.78, 5) is 14.4. The predicted molar refractivity (Wildman–Crippen MR) is 64.4 cm³/mol. The number of thiophene rings is 2. The van der Waals surface area contributed by atoms with Gasteiger partial charge >= 0.3 is 0 Å². The van der Waals surface area contributed by atoms with Gasteiger partial charge in [0.1, 0.15) is 0 Å². The van der Waals surface area contributed by atoms with Gasteiger partial charge in [0.2, 0.25) is 0 Å². The molecule has 0 spiro atoms. The zero-order valence-electron chi connectivity index (χ0n) is 8.34. The summed E-state index contributed by atoms with van der Waals surface area (Å²) in [5.41, 5.74) is 1.19. The molecule has 0 atom stereocenters. The molecule has 1 amide bonds. The Balaban J connectivity index is 2.03. The largest absolute Gasteiger partial charge is 0.337 e. The van der Waals surface area contributed by atoms with Crippen molar-refractivity contribution in [3.8, 4) is 0 Å². The first-order valence-corrected chi connectivity index (χ1v) is 6.39. The smallest absolute Gasteiger partial charge is 0.263 e. The quantitative estimate of drug-likeness (QED) is 0.803. The maximum absolute atomic E-state index is 11.9. The fourth-order valence-corrected chi connectivity index (χ4v) is 2.69. The van der Waals surface area contributed by atoms with E-state index in [1.54, 1.807) is 16.2 Å². The summed E-state index contributed by atoms with van der Waals surface area (Å²) in [6.45, 7) is 0.681. The van der Waals surface area contributed by atoms with Gasteiger partial charge in [-0.3, -0.25) is 4.79 Å². The molecular weight excluding hydrogens is 226 g/mol. The van der Waals surface area contributed by atoms with E-state index >= 15 is 0 Å². The van der Waals surface area contributed by atoms with E-state index in [1.807, 2.05) is 36.0 Å². The topological polar surface area (TPSA) is 20.3 Å². The average molecular weight is 237 g/mol. The second kappa shape index (κ2) is 4.59. The van der Waals surface area contributed by atoms with E-state index in [2.05, 4.69) is 5.38 Å². The number of hydrogen-bond donors (Lipinski definition) is 0. The van der Waals surface area contributed by atoms with Crippen LogP contribution in [-0.4, -0.2) is 17.9 Å². The van der Waals surface area contributed by atoms with Crippen LogP contribution in [0.15, 0.2) is 34.3 Å². The van der Waals surface area contributed by atoms with Crippen molar-refractivity contribution in [3.05, 3.63) is 44.8 Å². The van der Waals surface area contributed by atoms with E-state index in [4.69, 9.17) is 0 Å². The highest BCUT2D eigenvalue weighted by Crippen LogP contribution is 2.14. The van der Waals surface area contributed by atoms with Crippen molar-refractivity contribution in [2.24, 2.45) is 0 Å². The molecule has 4 heteroatoms. The molecule has 2 heterocycles. The SMILES string of the molecule is CN(Cc1ccsc1)C(=O)c1cccs1. The number of carbonyl (C=O) groups excluding carboxylic acids is 1. The van der Waals surface area contributed by atoms with Gasteiger partial charge in [-0.25, -0.2) is 0 Å². The van der Waals surface area contributed by atoms with E-state index in [0.717, 1.165) is 4.88 Å². The minimum atomic E-state index is 0.0937. The van der Waals surface area contributed by atoms with Crippen LogP contribution in [0.25, 0.3) is 0 Å². The van der Waals surface area contributed by atoms with Crippen LogP contribution < -0.4 is 0 Å². The van der Waals surface area contributed by atoms with Crippen molar-refractivity contribution in [2.75, 3.05) is 7.05 Å². The molecule has 0 radical (unpaired) electrons. The minimum Gasteiger partial charge on any atom is -0.337 e. The van der Waals surface area contributed by atoms with E-state index in [9.17, 15) is 4.79 Å². The molecule has 2 rings (SSSR count). The number of nitrogens with zero attached hydrogens (tertiary/aromatic N) is 1. The molecule has 0 N–H and O–H groups in total. The number of hydrogen-bond acceptors (Lipinski definition) is 3. The number of carbonyl (C=O) groups is 1. The van der Waals surface area contributed by atoms with Crippen molar-refractivity contribution >= 4 is 28.6 Å². The van der Waals surface area contributed by atoms with Crippen molar-refractivity contribution in [2.45, 2.75) is 6.54 Å². The Morgan fingerprint density at radius 2 is 2.27 bits per heavy atom. The normalized spacial score (nSPS) is 10.2. The van der Waals surface area contributed by atoms with Crippen LogP contribution in [0, 0.1) is 0 Å². The average Bonchev–Trinajstić information content (AvgIpc) is 2.88. The summed E-state index contributed by atoms with van der Waals surface area (Å²) < 4.78 is 0. The second-order valence-electron chi connectivity index (χ2n) is 3.27.